The second kappa shape index (κ2) is 13.8. The number of hydrogen-bond acceptors (Lipinski definition) is 4. The molecule has 31 heavy (non-hydrogen) atoms. The van der Waals surface area contributed by atoms with Crippen molar-refractivity contribution in [1.29, 1.82) is 0 Å². The first-order chi connectivity index (χ1) is 15.1. The van der Waals surface area contributed by atoms with Crippen LogP contribution in [0, 0.1) is 0 Å². The highest BCUT2D eigenvalue weighted by molar-refractivity contribution is 7.99. The largest absolute Gasteiger partial charge is 0.497 e. The number of carbonyl (C=O) groups excluding carboxylic acids is 2. The van der Waals surface area contributed by atoms with Gasteiger partial charge in [-0.25, -0.2) is 0 Å². The van der Waals surface area contributed by atoms with Crippen molar-refractivity contribution in [2.75, 3.05) is 19.4 Å². The third-order valence-electron chi connectivity index (χ3n) is 5.06. The number of thioether (sulfide) groups is 1. The van der Waals surface area contributed by atoms with Crippen molar-refractivity contribution < 1.29 is 14.3 Å². The fourth-order valence-corrected chi connectivity index (χ4v) is 4.14. The molecule has 0 unspecified atom stereocenters. The minimum Gasteiger partial charge on any atom is -0.497 e. The summed E-state index contributed by atoms with van der Waals surface area (Å²) in [6.07, 6.45) is 2.52. The topological polar surface area (TPSA) is 58.6 Å². The van der Waals surface area contributed by atoms with Gasteiger partial charge in [0.1, 0.15) is 11.8 Å². The van der Waals surface area contributed by atoms with E-state index >= 15 is 0 Å². The fourth-order valence-electron chi connectivity index (χ4n) is 3.27. The molecule has 2 aromatic rings. The Morgan fingerprint density at radius 3 is 2.35 bits per heavy atom. The molecule has 0 saturated heterocycles. The summed E-state index contributed by atoms with van der Waals surface area (Å²) >= 11 is 1.58. The number of benzene rings is 2. The summed E-state index contributed by atoms with van der Waals surface area (Å²) in [7, 11) is 1.63. The Labute approximate surface area is 190 Å². The average molecular weight is 443 g/mol. The molecule has 0 heterocycles. The number of rotatable bonds is 13. The van der Waals surface area contributed by atoms with Crippen LogP contribution in [0.15, 0.2) is 54.6 Å². The zero-order valence-electron chi connectivity index (χ0n) is 18.8. The van der Waals surface area contributed by atoms with Crippen molar-refractivity contribution in [3.05, 3.63) is 65.7 Å². The summed E-state index contributed by atoms with van der Waals surface area (Å²) in [6.45, 7) is 5.08. The second-order valence-corrected chi connectivity index (χ2v) is 8.40. The molecule has 2 amide bonds. The minimum atomic E-state index is -0.483. The number of nitrogens with zero attached hydrogens (tertiary/aromatic N) is 1. The molecular weight excluding hydrogens is 408 g/mol. The molecular formula is C25H34N2O3S. The molecule has 0 spiro atoms. The van der Waals surface area contributed by atoms with Gasteiger partial charge in [0.25, 0.3) is 0 Å². The van der Waals surface area contributed by atoms with E-state index in [-0.39, 0.29) is 11.8 Å². The van der Waals surface area contributed by atoms with E-state index in [1.165, 1.54) is 5.56 Å². The lowest BCUT2D eigenvalue weighted by Gasteiger charge is -2.30. The summed E-state index contributed by atoms with van der Waals surface area (Å²) in [5.74, 6) is 1.77. The quantitative estimate of drug-likeness (QED) is 0.459. The van der Waals surface area contributed by atoms with E-state index in [2.05, 4.69) is 24.4 Å². The molecule has 2 rings (SSSR count). The molecule has 0 aromatic heterocycles. The Morgan fingerprint density at radius 2 is 1.74 bits per heavy atom. The number of carbonyl (C=O) groups is 2. The van der Waals surface area contributed by atoms with Crippen LogP contribution in [0.25, 0.3) is 0 Å². The molecule has 1 N–H and O–H groups in total. The molecule has 2 aromatic carbocycles. The molecule has 0 aliphatic carbocycles. The molecule has 168 valence electrons. The molecule has 0 bridgehead atoms. The van der Waals surface area contributed by atoms with E-state index in [1.807, 2.05) is 49.4 Å². The van der Waals surface area contributed by atoms with Gasteiger partial charge in [0, 0.05) is 18.8 Å². The maximum Gasteiger partial charge on any atom is 0.242 e. The molecule has 5 nitrogen and oxygen atoms in total. The van der Waals surface area contributed by atoms with Gasteiger partial charge in [-0.3, -0.25) is 9.59 Å². The van der Waals surface area contributed by atoms with E-state index in [1.54, 1.807) is 23.8 Å². The van der Waals surface area contributed by atoms with Gasteiger partial charge >= 0.3 is 0 Å². The first-order valence-electron chi connectivity index (χ1n) is 10.9. The average Bonchev–Trinajstić information content (AvgIpc) is 2.80. The van der Waals surface area contributed by atoms with Gasteiger partial charge in [-0.1, -0.05) is 62.7 Å². The lowest BCUT2D eigenvalue weighted by molar-refractivity contribution is -0.139. The maximum atomic E-state index is 13.2. The van der Waals surface area contributed by atoms with Crippen LogP contribution in [0.3, 0.4) is 0 Å². The number of nitrogens with one attached hydrogen (secondary N) is 1. The van der Waals surface area contributed by atoms with Crippen LogP contribution in [0.5, 0.6) is 5.75 Å². The Kier molecular flexibility index (Phi) is 11.0. The minimum absolute atomic E-state index is 0.0192. The lowest BCUT2D eigenvalue weighted by Crippen LogP contribution is -2.49. The third kappa shape index (κ3) is 8.29. The van der Waals surface area contributed by atoms with Gasteiger partial charge in [0.05, 0.1) is 12.9 Å². The fraction of sp³-hybridized carbons (Fsp3) is 0.440. The normalized spacial score (nSPS) is 11.6. The maximum absolute atomic E-state index is 13.2. The zero-order chi connectivity index (χ0) is 22.5. The van der Waals surface area contributed by atoms with E-state index in [0.29, 0.717) is 25.3 Å². The molecule has 0 radical (unpaired) electrons. The smallest absolute Gasteiger partial charge is 0.242 e. The first-order valence-corrected chi connectivity index (χ1v) is 12.1. The van der Waals surface area contributed by atoms with Crippen LogP contribution in [-0.4, -0.2) is 42.2 Å². The monoisotopic (exact) mass is 442 g/mol. The van der Waals surface area contributed by atoms with E-state index < -0.39 is 6.04 Å². The number of amides is 2. The molecule has 0 fully saturated rings. The molecule has 1 atom stereocenters. The molecule has 0 aliphatic rings. The van der Waals surface area contributed by atoms with Gasteiger partial charge in [0.15, 0.2) is 0 Å². The van der Waals surface area contributed by atoms with E-state index in [9.17, 15) is 9.59 Å². The number of hydrogen-bond donors (Lipinski definition) is 1. The summed E-state index contributed by atoms with van der Waals surface area (Å²) in [5, 5.41) is 3.00. The summed E-state index contributed by atoms with van der Waals surface area (Å²) in [4.78, 5) is 27.8. The number of unbranched alkanes of at least 4 members (excludes halogenated alkanes) is 1. The van der Waals surface area contributed by atoms with Gasteiger partial charge in [-0.2, -0.15) is 0 Å². The second-order valence-electron chi connectivity index (χ2n) is 7.42. The van der Waals surface area contributed by atoms with Gasteiger partial charge < -0.3 is 15.0 Å². The van der Waals surface area contributed by atoms with Crippen molar-refractivity contribution in [3.8, 4) is 5.75 Å². The number of methoxy groups -OCH3 is 1. The highest BCUT2D eigenvalue weighted by atomic mass is 32.2. The molecule has 6 heteroatoms. The van der Waals surface area contributed by atoms with Crippen molar-refractivity contribution in [2.45, 2.75) is 51.4 Å². The Morgan fingerprint density at radius 1 is 1.03 bits per heavy atom. The van der Waals surface area contributed by atoms with Crippen molar-refractivity contribution in [3.63, 3.8) is 0 Å². The van der Waals surface area contributed by atoms with Crippen LogP contribution in [0.2, 0.25) is 0 Å². The summed E-state index contributed by atoms with van der Waals surface area (Å²) in [5.41, 5.74) is 2.16. The van der Waals surface area contributed by atoms with Crippen LogP contribution < -0.4 is 10.1 Å². The zero-order valence-corrected chi connectivity index (χ0v) is 19.6. The van der Waals surface area contributed by atoms with Gasteiger partial charge in [-0.05, 0) is 36.1 Å². The third-order valence-corrected chi connectivity index (χ3v) is 6.05. The lowest BCUT2D eigenvalue weighted by atomic mass is 10.1. The van der Waals surface area contributed by atoms with Crippen molar-refractivity contribution >= 4 is 23.6 Å². The molecule has 0 saturated carbocycles. The molecule has 0 aliphatic heterocycles. The predicted molar refractivity (Wildman–Crippen MR) is 128 cm³/mol. The van der Waals surface area contributed by atoms with Crippen LogP contribution >= 0.6 is 11.8 Å². The standard InChI is InChI=1S/C25H34N2O3S/c1-4-6-16-26-25(29)23(5-2)27(17-20-12-14-22(30-3)15-13-20)24(28)19-31-18-21-10-8-7-9-11-21/h7-15,23H,4-6,16-19H2,1-3H3,(H,26,29)/t23-/m1/s1. The Balaban J connectivity index is 2.10. The van der Waals surface area contributed by atoms with Crippen molar-refractivity contribution in [1.82, 2.24) is 10.2 Å². The Hall–Kier alpha value is -2.47. The SMILES string of the molecule is CCCCNC(=O)[C@@H](CC)N(Cc1ccc(OC)cc1)C(=O)CSCc1ccccc1. The van der Waals surface area contributed by atoms with Gasteiger partial charge in [-0.15, -0.1) is 11.8 Å². The predicted octanol–water partition coefficient (Wildman–Crippen LogP) is 4.65. The number of ether oxygens (including phenoxy) is 1. The van der Waals surface area contributed by atoms with Crippen molar-refractivity contribution in [2.24, 2.45) is 0 Å². The van der Waals surface area contributed by atoms with Crippen LogP contribution in [0.1, 0.15) is 44.2 Å². The summed E-state index contributed by atoms with van der Waals surface area (Å²) < 4.78 is 5.23. The highest BCUT2D eigenvalue weighted by Crippen LogP contribution is 2.19. The first kappa shape index (κ1) is 24.8. The van der Waals surface area contributed by atoms with Gasteiger partial charge in [0.2, 0.25) is 11.8 Å². The van der Waals surface area contributed by atoms with E-state index in [0.717, 1.165) is 29.9 Å². The highest BCUT2D eigenvalue weighted by Gasteiger charge is 2.28. The van der Waals surface area contributed by atoms with Crippen LogP contribution in [0.4, 0.5) is 0 Å². The van der Waals surface area contributed by atoms with E-state index in [4.69, 9.17) is 4.74 Å². The Bertz CT molecular complexity index is 796. The van der Waals surface area contributed by atoms with Crippen LogP contribution in [-0.2, 0) is 21.9 Å². The summed E-state index contributed by atoms with van der Waals surface area (Å²) in [6, 6.07) is 17.3.